The van der Waals surface area contributed by atoms with Crippen molar-refractivity contribution in [3.05, 3.63) is 29.8 Å². The standard InChI is InChI=1S/C17H22N2O2/c1-11(15-10-12-7-8-13(15)9-12)18-19-17(20)14-5-3-4-6-16(14)21-2/h3-6,12-13,15H,7-10H2,1-2H3,(H,19,20)/b18-11+. The number of nitrogens with zero attached hydrogens (tertiary/aromatic N) is 1. The first-order valence-corrected chi connectivity index (χ1v) is 7.66. The maximum Gasteiger partial charge on any atom is 0.275 e. The van der Waals surface area contributed by atoms with Gasteiger partial charge in [0.05, 0.1) is 12.7 Å². The third-order valence-electron chi connectivity index (χ3n) is 4.96. The average Bonchev–Trinajstić information content (AvgIpc) is 3.15. The normalized spacial score (nSPS) is 27.7. The van der Waals surface area contributed by atoms with E-state index < -0.39 is 0 Å². The molecule has 0 aliphatic heterocycles. The minimum Gasteiger partial charge on any atom is -0.496 e. The zero-order valence-electron chi connectivity index (χ0n) is 12.6. The number of fused-ring (bicyclic) bond motifs is 2. The quantitative estimate of drug-likeness (QED) is 0.682. The lowest BCUT2D eigenvalue weighted by Crippen LogP contribution is -2.24. The van der Waals surface area contributed by atoms with Crippen LogP contribution in [-0.2, 0) is 0 Å². The zero-order valence-corrected chi connectivity index (χ0v) is 12.6. The summed E-state index contributed by atoms with van der Waals surface area (Å²) in [5.41, 5.74) is 4.26. The molecule has 1 N–H and O–H groups in total. The van der Waals surface area contributed by atoms with Gasteiger partial charge in [-0.1, -0.05) is 18.6 Å². The molecule has 4 heteroatoms. The summed E-state index contributed by atoms with van der Waals surface area (Å²) in [7, 11) is 1.57. The van der Waals surface area contributed by atoms with Gasteiger partial charge < -0.3 is 4.74 Å². The van der Waals surface area contributed by atoms with E-state index in [-0.39, 0.29) is 5.91 Å². The van der Waals surface area contributed by atoms with Crippen LogP contribution in [0.5, 0.6) is 5.75 Å². The summed E-state index contributed by atoms with van der Waals surface area (Å²) in [6.45, 7) is 2.04. The van der Waals surface area contributed by atoms with E-state index in [1.165, 1.54) is 25.7 Å². The number of rotatable bonds is 4. The molecule has 1 amide bonds. The first kappa shape index (κ1) is 14.1. The molecule has 2 bridgehead atoms. The lowest BCUT2D eigenvalue weighted by atomic mass is 9.86. The number of ether oxygens (including phenoxy) is 1. The van der Waals surface area contributed by atoms with Crippen molar-refractivity contribution in [1.29, 1.82) is 0 Å². The predicted octanol–water partition coefficient (Wildman–Crippen LogP) is 3.24. The number of nitrogens with one attached hydrogen (secondary N) is 1. The molecule has 3 atom stereocenters. The summed E-state index contributed by atoms with van der Waals surface area (Å²) < 4.78 is 5.20. The molecular weight excluding hydrogens is 264 g/mol. The molecule has 3 rings (SSSR count). The molecule has 2 fully saturated rings. The van der Waals surface area contributed by atoms with Crippen LogP contribution in [0.1, 0.15) is 43.0 Å². The van der Waals surface area contributed by atoms with Crippen LogP contribution in [0.25, 0.3) is 0 Å². The second-order valence-corrected chi connectivity index (χ2v) is 6.18. The van der Waals surface area contributed by atoms with Crippen LogP contribution in [0, 0.1) is 17.8 Å². The van der Waals surface area contributed by atoms with Crippen molar-refractivity contribution in [3.63, 3.8) is 0 Å². The third-order valence-corrected chi connectivity index (χ3v) is 4.96. The second kappa shape index (κ2) is 5.88. The Labute approximate surface area is 125 Å². The Morgan fingerprint density at radius 1 is 1.29 bits per heavy atom. The summed E-state index contributed by atoms with van der Waals surface area (Å²) in [5.74, 6) is 2.58. The molecule has 1 aromatic carbocycles. The largest absolute Gasteiger partial charge is 0.496 e. The summed E-state index contributed by atoms with van der Waals surface area (Å²) >= 11 is 0. The number of hydrogen-bond donors (Lipinski definition) is 1. The van der Waals surface area contributed by atoms with Gasteiger partial charge in [0.2, 0.25) is 0 Å². The fourth-order valence-corrected chi connectivity index (χ4v) is 3.87. The van der Waals surface area contributed by atoms with E-state index in [1.54, 1.807) is 19.2 Å². The lowest BCUT2D eigenvalue weighted by Gasteiger charge is -2.21. The monoisotopic (exact) mass is 286 g/mol. The molecule has 2 saturated carbocycles. The Kier molecular flexibility index (Phi) is 3.95. The molecule has 112 valence electrons. The Morgan fingerprint density at radius 2 is 2.10 bits per heavy atom. The van der Waals surface area contributed by atoms with E-state index in [0.29, 0.717) is 17.2 Å². The molecule has 0 heterocycles. The Morgan fingerprint density at radius 3 is 2.76 bits per heavy atom. The minimum absolute atomic E-state index is 0.213. The van der Waals surface area contributed by atoms with Crippen molar-refractivity contribution in [2.75, 3.05) is 7.11 Å². The van der Waals surface area contributed by atoms with E-state index in [4.69, 9.17) is 4.74 Å². The lowest BCUT2D eigenvalue weighted by molar-refractivity contribution is 0.0951. The number of benzene rings is 1. The average molecular weight is 286 g/mol. The van der Waals surface area contributed by atoms with Crippen LogP contribution >= 0.6 is 0 Å². The number of hydrogen-bond acceptors (Lipinski definition) is 3. The highest BCUT2D eigenvalue weighted by atomic mass is 16.5. The number of para-hydroxylation sites is 1. The van der Waals surface area contributed by atoms with Crippen LogP contribution in [0.2, 0.25) is 0 Å². The summed E-state index contributed by atoms with van der Waals surface area (Å²) in [6, 6.07) is 7.20. The van der Waals surface area contributed by atoms with Crippen molar-refractivity contribution < 1.29 is 9.53 Å². The first-order valence-electron chi connectivity index (χ1n) is 7.66. The second-order valence-electron chi connectivity index (χ2n) is 6.18. The minimum atomic E-state index is -0.213. The van der Waals surface area contributed by atoms with Crippen LogP contribution in [-0.4, -0.2) is 18.7 Å². The molecule has 21 heavy (non-hydrogen) atoms. The van der Waals surface area contributed by atoms with Gasteiger partial charge in [0.15, 0.2) is 0 Å². The van der Waals surface area contributed by atoms with Gasteiger partial charge in [-0.3, -0.25) is 4.79 Å². The van der Waals surface area contributed by atoms with Crippen molar-refractivity contribution in [1.82, 2.24) is 5.43 Å². The Balaban J connectivity index is 1.66. The zero-order chi connectivity index (χ0) is 14.8. The molecule has 0 spiro atoms. The number of carbonyl (C=O) groups is 1. The SMILES string of the molecule is COc1ccccc1C(=O)N/N=C(\C)C1CC2CCC1C2. The van der Waals surface area contributed by atoms with Crippen LogP contribution < -0.4 is 10.2 Å². The van der Waals surface area contributed by atoms with E-state index >= 15 is 0 Å². The topological polar surface area (TPSA) is 50.7 Å². The highest BCUT2D eigenvalue weighted by Crippen LogP contribution is 2.48. The fraction of sp³-hybridized carbons (Fsp3) is 0.529. The van der Waals surface area contributed by atoms with Crippen LogP contribution in [0.3, 0.4) is 0 Å². The molecule has 2 aliphatic rings. The summed E-state index contributed by atoms with van der Waals surface area (Å²) in [6.07, 6.45) is 5.28. The molecule has 0 radical (unpaired) electrons. The molecule has 2 aliphatic carbocycles. The van der Waals surface area contributed by atoms with Gasteiger partial charge in [0, 0.05) is 11.6 Å². The van der Waals surface area contributed by atoms with E-state index in [9.17, 15) is 4.79 Å². The van der Waals surface area contributed by atoms with Gasteiger partial charge in [-0.15, -0.1) is 0 Å². The fourth-order valence-electron chi connectivity index (χ4n) is 3.87. The van der Waals surface area contributed by atoms with Crippen molar-refractivity contribution in [2.45, 2.75) is 32.6 Å². The van der Waals surface area contributed by atoms with E-state index in [2.05, 4.69) is 10.5 Å². The van der Waals surface area contributed by atoms with Crippen molar-refractivity contribution >= 4 is 11.6 Å². The highest BCUT2D eigenvalue weighted by molar-refractivity contribution is 5.97. The molecule has 1 aromatic rings. The maximum atomic E-state index is 12.2. The van der Waals surface area contributed by atoms with E-state index in [1.807, 2.05) is 19.1 Å². The summed E-state index contributed by atoms with van der Waals surface area (Å²) in [5, 5.41) is 4.34. The van der Waals surface area contributed by atoms with Crippen molar-refractivity contribution in [3.8, 4) is 5.75 Å². The number of amides is 1. The highest BCUT2D eigenvalue weighted by Gasteiger charge is 2.40. The van der Waals surface area contributed by atoms with Gasteiger partial charge in [-0.2, -0.15) is 5.10 Å². The Bertz CT molecular complexity index is 568. The summed E-state index contributed by atoms with van der Waals surface area (Å²) in [4.78, 5) is 12.2. The molecule has 3 unspecified atom stereocenters. The molecule has 0 aromatic heterocycles. The Hall–Kier alpha value is -1.84. The molecular formula is C17H22N2O2. The van der Waals surface area contributed by atoms with Gasteiger partial charge in [0.25, 0.3) is 5.91 Å². The van der Waals surface area contributed by atoms with E-state index in [0.717, 1.165) is 17.5 Å². The molecule has 0 saturated heterocycles. The molecule has 4 nitrogen and oxygen atoms in total. The third kappa shape index (κ3) is 2.80. The first-order chi connectivity index (χ1) is 10.2. The maximum absolute atomic E-state index is 12.2. The number of carbonyl (C=O) groups excluding carboxylic acids is 1. The van der Waals surface area contributed by atoms with Crippen molar-refractivity contribution in [2.24, 2.45) is 22.9 Å². The van der Waals surface area contributed by atoms with Gasteiger partial charge in [0.1, 0.15) is 5.75 Å². The number of hydrazone groups is 1. The number of methoxy groups -OCH3 is 1. The van der Waals surface area contributed by atoms with Gasteiger partial charge >= 0.3 is 0 Å². The smallest absolute Gasteiger partial charge is 0.275 e. The van der Waals surface area contributed by atoms with Gasteiger partial charge in [-0.25, -0.2) is 5.43 Å². The van der Waals surface area contributed by atoms with Gasteiger partial charge in [-0.05, 0) is 50.2 Å². The van der Waals surface area contributed by atoms with Crippen LogP contribution in [0.4, 0.5) is 0 Å². The van der Waals surface area contributed by atoms with Crippen LogP contribution in [0.15, 0.2) is 29.4 Å². The predicted molar refractivity (Wildman–Crippen MR) is 82.5 cm³/mol.